The molecule has 2 rings (SSSR count). The third-order valence-electron chi connectivity index (χ3n) is 2.64. The summed E-state index contributed by atoms with van der Waals surface area (Å²) in [4.78, 5) is 0. The fourth-order valence-electron chi connectivity index (χ4n) is 1.76. The van der Waals surface area contributed by atoms with Crippen LogP contribution in [0.3, 0.4) is 0 Å². The lowest BCUT2D eigenvalue weighted by molar-refractivity contribution is 0.380. The van der Waals surface area contributed by atoms with E-state index in [9.17, 15) is 16.8 Å². The first kappa shape index (κ1) is 15.4. The molecule has 2 heterocycles. The molecule has 0 saturated heterocycles. The molecule has 1 aliphatic rings. The minimum atomic E-state index is -3.93. The molecule has 0 aromatic carbocycles. The Morgan fingerprint density at radius 1 is 1.45 bits per heavy atom. The van der Waals surface area contributed by atoms with Crippen LogP contribution >= 0.6 is 11.3 Å². The average molecular weight is 337 g/mol. The first-order chi connectivity index (χ1) is 9.03. The molecule has 0 aliphatic carbocycles. The van der Waals surface area contributed by atoms with Crippen LogP contribution in [-0.2, 0) is 20.0 Å². The predicted octanol–water partition coefficient (Wildman–Crippen LogP) is 0.780. The van der Waals surface area contributed by atoms with Crippen molar-refractivity contribution in [3.63, 3.8) is 0 Å². The molecule has 0 saturated carbocycles. The van der Waals surface area contributed by atoms with Crippen molar-refractivity contribution in [2.45, 2.75) is 29.2 Å². The third-order valence-corrected chi connectivity index (χ3v) is 7.35. The van der Waals surface area contributed by atoms with Crippen LogP contribution < -0.4 is 5.14 Å². The Morgan fingerprint density at radius 3 is 2.55 bits per heavy atom. The number of hydrogen-bond acceptors (Lipinski definition) is 6. The van der Waals surface area contributed by atoms with E-state index in [0.29, 0.717) is 22.6 Å². The minimum absolute atomic E-state index is 0.0188. The second kappa shape index (κ2) is 4.79. The van der Waals surface area contributed by atoms with Gasteiger partial charge in [-0.05, 0) is 18.9 Å². The van der Waals surface area contributed by atoms with E-state index in [1.807, 2.05) is 13.8 Å². The number of rotatable bonds is 3. The summed E-state index contributed by atoms with van der Waals surface area (Å²) in [5, 5.41) is 9.10. The lowest BCUT2D eigenvalue weighted by atomic mass is 10.2. The van der Waals surface area contributed by atoms with Gasteiger partial charge in [-0.15, -0.1) is 11.3 Å². The normalized spacial score (nSPS) is 18.1. The summed E-state index contributed by atoms with van der Waals surface area (Å²) in [6.45, 7) is 5.63. The molecule has 0 spiro atoms. The third kappa shape index (κ3) is 2.60. The van der Waals surface area contributed by atoms with Crippen molar-refractivity contribution < 1.29 is 16.8 Å². The van der Waals surface area contributed by atoms with E-state index in [-0.39, 0.29) is 20.9 Å². The number of primary sulfonamides is 1. The van der Waals surface area contributed by atoms with Gasteiger partial charge < -0.3 is 0 Å². The van der Waals surface area contributed by atoms with Crippen LogP contribution in [0.15, 0.2) is 19.6 Å². The van der Waals surface area contributed by atoms with Crippen molar-refractivity contribution >= 4 is 37.1 Å². The second-order valence-corrected chi connectivity index (χ2v) is 9.78. The highest BCUT2D eigenvalue weighted by Crippen LogP contribution is 2.35. The highest BCUT2D eigenvalue weighted by molar-refractivity contribution is 7.94. The van der Waals surface area contributed by atoms with Gasteiger partial charge in [0.05, 0.1) is 12.3 Å². The smallest absolute Gasteiger partial charge is 0.224 e. The largest absolute Gasteiger partial charge is 0.289 e. The van der Waals surface area contributed by atoms with Crippen LogP contribution in [0.2, 0.25) is 0 Å². The molecule has 0 atom stereocenters. The van der Waals surface area contributed by atoms with E-state index >= 15 is 0 Å². The molecule has 10 heteroatoms. The summed E-state index contributed by atoms with van der Waals surface area (Å²) in [5.74, 6) is 0.0977. The van der Waals surface area contributed by atoms with Gasteiger partial charge >= 0.3 is 0 Å². The maximum Gasteiger partial charge on any atom is 0.289 e. The van der Waals surface area contributed by atoms with Crippen molar-refractivity contribution in [3.05, 3.63) is 11.6 Å². The molecule has 1 aromatic heterocycles. The molecular weight excluding hydrogens is 322 g/mol. The van der Waals surface area contributed by atoms with E-state index in [0.717, 1.165) is 4.41 Å². The van der Waals surface area contributed by atoms with E-state index in [1.165, 1.54) is 6.07 Å². The fraction of sp³-hybridized carbons (Fsp3) is 0.500. The molecule has 1 aliphatic heterocycles. The molecule has 0 unspecified atom stereocenters. The van der Waals surface area contributed by atoms with Gasteiger partial charge in [-0.1, -0.05) is 13.8 Å². The number of nitrogens with zero attached hydrogens (tertiary/aromatic N) is 2. The van der Waals surface area contributed by atoms with Crippen LogP contribution in [0.4, 0.5) is 0 Å². The number of thiophene rings is 1. The minimum Gasteiger partial charge on any atom is -0.224 e. The highest BCUT2D eigenvalue weighted by Gasteiger charge is 2.35. The zero-order valence-electron chi connectivity index (χ0n) is 11.2. The predicted molar refractivity (Wildman–Crippen MR) is 76.6 cm³/mol. The molecule has 112 valence electrons. The molecule has 7 nitrogen and oxygen atoms in total. The molecule has 1 aromatic rings. The summed E-state index contributed by atoms with van der Waals surface area (Å²) in [6, 6.07) is 1.26. The van der Waals surface area contributed by atoms with Crippen molar-refractivity contribution in [1.82, 2.24) is 4.41 Å². The van der Waals surface area contributed by atoms with Crippen molar-refractivity contribution in [2.75, 3.05) is 6.54 Å². The summed E-state index contributed by atoms with van der Waals surface area (Å²) in [5.41, 5.74) is 0.764. The maximum absolute atomic E-state index is 12.4. The molecule has 20 heavy (non-hydrogen) atoms. The molecular formula is C10H15N3O4S3. The van der Waals surface area contributed by atoms with Gasteiger partial charge in [-0.25, -0.2) is 13.6 Å². The summed E-state index contributed by atoms with van der Waals surface area (Å²) < 4.78 is 48.4. The van der Waals surface area contributed by atoms with Gasteiger partial charge in [0.1, 0.15) is 4.21 Å². The lowest BCUT2D eigenvalue weighted by Crippen LogP contribution is -2.33. The quantitative estimate of drug-likeness (QED) is 0.878. The van der Waals surface area contributed by atoms with Gasteiger partial charge in [0, 0.05) is 5.56 Å². The molecule has 0 fully saturated rings. The van der Waals surface area contributed by atoms with Crippen LogP contribution in [0.25, 0.3) is 0 Å². The first-order valence-corrected chi connectivity index (χ1v) is 9.58. The zero-order chi connectivity index (χ0) is 15.3. The molecule has 0 radical (unpaired) electrons. The van der Waals surface area contributed by atoms with Crippen molar-refractivity contribution in [3.8, 4) is 0 Å². The van der Waals surface area contributed by atoms with E-state index < -0.39 is 20.0 Å². The Balaban J connectivity index is 2.62. The number of nitrogens with two attached hydrogens (primary N) is 1. The average Bonchev–Trinajstić information content (AvgIpc) is 2.71. The Kier molecular flexibility index (Phi) is 3.70. The van der Waals surface area contributed by atoms with Crippen LogP contribution in [0.5, 0.6) is 0 Å². The Morgan fingerprint density at radius 2 is 2.05 bits per heavy atom. The standard InChI is InChI=1S/C10H15N3O4S3/c1-6(2)5-13-12-7(3)8-4-9(19(11,14)15)18-10(8)20(13,16)17/h4,6H,5H2,1-3H3,(H2,11,14,15). The lowest BCUT2D eigenvalue weighted by Gasteiger charge is -2.25. The number of fused-ring (bicyclic) bond motifs is 1. The zero-order valence-corrected chi connectivity index (χ0v) is 13.6. The Bertz CT molecular complexity index is 775. The van der Waals surface area contributed by atoms with Gasteiger partial charge in [0.25, 0.3) is 10.0 Å². The van der Waals surface area contributed by atoms with Crippen LogP contribution in [-0.4, -0.2) is 33.5 Å². The van der Waals surface area contributed by atoms with E-state index in [1.54, 1.807) is 6.92 Å². The van der Waals surface area contributed by atoms with Gasteiger partial charge in [-0.2, -0.15) is 17.9 Å². The van der Waals surface area contributed by atoms with Crippen molar-refractivity contribution in [2.24, 2.45) is 16.2 Å². The second-order valence-electron chi connectivity index (χ2n) is 4.90. The van der Waals surface area contributed by atoms with E-state index in [4.69, 9.17) is 5.14 Å². The fourth-order valence-corrected chi connectivity index (χ4v) is 5.94. The number of sulfonamides is 2. The van der Waals surface area contributed by atoms with Crippen LogP contribution in [0, 0.1) is 5.92 Å². The SMILES string of the molecule is CC1=NN(CC(C)C)S(=O)(=O)c2sc(S(N)(=O)=O)cc21. The topological polar surface area (TPSA) is 110 Å². The van der Waals surface area contributed by atoms with Gasteiger partial charge in [0.2, 0.25) is 10.0 Å². The highest BCUT2D eigenvalue weighted by atomic mass is 32.3. The number of hydrogen-bond donors (Lipinski definition) is 1. The molecule has 0 bridgehead atoms. The Hall–Kier alpha value is -0.970. The van der Waals surface area contributed by atoms with Crippen molar-refractivity contribution in [1.29, 1.82) is 0 Å². The van der Waals surface area contributed by atoms with Gasteiger partial charge in [0.15, 0.2) is 4.21 Å². The van der Waals surface area contributed by atoms with Crippen LogP contribution in [0.1, 0.15) is 26.3 Å². The molecule has 0 amide bonds. The maximum atomic E-state index is 12.4. The van der Waals surface area contributed by atoms with Gasteiger partial charge in [-0.3, -0.25) is 0 Å². The summed E-state index contributed by atoms with van der Waals surface area (Å²) >= 11 is 0.660. The number of hydrazone groups is 1. The summed E-state index contributed by atoms with van der Waals surface area (Å²) in [7, 11) is -7.74. The monoisotopic (exact) mass is 337 g/mol. The first-order valence-electron chi connectivity index (χ1n) is 5.78. The summed E-state index contributed by atoms with van der Waals surface area (Å²) in [6.07, 6.45) is 0. The van der Waals surface area contributed by atoms with E-state index in [2.05, 4.69) is 5.10 Å². The Labute approximate surface area is 122 Å². The molecule has 2 N–H and O–H groups in total.